The molecule has 0 saturated carbocycles. The van der Waals surface area contributed by atoms with Crippen molar-refractivity contribution in [3.05, 3.63) is 23.3 Å². The predicted molar refractivity (Wildman–Crippen MR) is 157 cm³/mol. The van der Waals surface area contributed by atoms with Crippen LogP contribution in [0.2, 0.25) is 0 Å². The first kappa shape index (κ1) is 35.5. The summed E-state index contributed by atoms with van der Waals surface area (Å²) in [5, 5.41) is 0. The van der Waals surface area contributed by atoms with Crippen molar-refractivity contribution in [1.29, 1.82) is 0 Å². The van der Waals surface area contributed by atoms with E-state index in [1.54, 1.807) is 12.1 Å². The Kier molecular flexibility index (Phi) is 10.7. The monoisotopic (exact) mass is 691 g/mol. The number of esters is 5. The molecule has 0 spiro atoms. The van der Waals surface area contributed by atoms with E-state index in [9.17, 15) is 33.6 Å². The lowest BCUT2D eigenvalue weighted by molar-refractivity contribution is -0.321. The minimum atomic E-state index is -1.74. The van der Waals surface area contributed by atoms with Gasteiger partial charge in [0.15, 0.2) is 36.1 Å². The molecule has 0 aromatic heterocycles. The topological polar surface area (TPSA) is 206 Å². The normalized spacial score (nSPS) is 29.0. The number of fused-ring (bicyclic) bond motifs is 6. The van der Waals surface area contributed by atoms with Gasteiger partial charge in [-0.15, -0.1) is 0 Å². The lowest BCUT2D eigenvalue weighted by Crippen LogP contribution is -2.64. The maximum Gasteiger partial charge on any atom is 0.303 e. The number of Topliss-reactive ketones (excluding diaryl/α,β-unsaturated/α-hetero) is 1. The van der Waals surface area contributed by atoms with E-state index in [2.05, 4.69) is 0 Å². The maximum absolute atomic E-state index is 14.2. The van der Waals surface area contributed by atoms with Crippen molar-refractivity contribution in [2.45, 2.75) is 103 Å². The zero-order chi connectivity index (χ0) is 35.6. The summed E-state index contributed by atoms with van der Waals surface area (Å²) < 4.78 is 50.3. The van der Waals surface area contributed by atoms with Gasteiger partial charge in [-0.1, -0.05) is 0 Å². The molecule has 1 unspecified atom stereocenters. The minimum absolute atomic E-state index is 0.0000853. The maximum atomic E-state index is 14.2. The van der Waals surface area contributed by atoms with Crippen molar-refractivity contribution in [2.75, 3.05) is 19.9 Å². The molecular weight excluding hydrogens is 654 g/mol. The summed E-state index contributed by atoms with van der Waals surface area (Å²) in [4.78, 5) is 90.6. The first-order valence-electron chi connectivity index (χ1n) is 15.6. The number of carbonyl (C=O) groups excluding carboxylic acids is 7. The largest absolute Gasteiger partial charge is 0.463 e. The third-order valence-corrected chi connectivity index (χ3v) is 8.29. The summed E-state index contributed by atoms with van der Waals surface area (Å²) in [6, 6.07) is 3.44. The molecular formula is C32H37NO16. The highest BCUT2D eigenvalue weighted by Gasteiger charge is 2.55. The van der Waals surface area contributed by atoms with Gasteiger partial charge in [-0.25, -0.2) is 0 Å². The molecule has 17 heteroatoms. The summed E-state index contributed by atoms with van der Waals surface area (Å²) >= 11 is 0. The molecule has 1 aromatic rings. The van der Waals surface area contributed by atoms with Crippen LogP contribution < -0.4 is 9.47 Å². The Bertz CT molecular complexity index is 1520. The Balaban J connectivity index is 1.55. The Morgan fingerprint density at radius 2 is 1.41 bits per heavy atom. The molecule has 266 valence electrons. The number of benzene rings is 1. The van der Waals surface area contributed by atoms with E-state index in [0.717, 1.165) is 34.6 Å². The second kappa shape index (κ2) is 14.8. The van der Waals surface area contributed by atoms with Gasteiger partial charge >= 0.3 is 29.8 Å². The van der Waals surface area contributed by atoms with E-state index in [1.807, 2.05) is 0 Å². The zero-order valence-corrected chi connectivity index (χ0v) is 27.5. The highest BCUT2D eigenvalue weighted by atomic mass is 16.7. The fourth-order valence-corrected chi connectivity index (χ4v) is 6.39. The third kappa shape index (κ3) is 8.10. The van der Waals surface area contributed by atoms with Crippen molar-refractivity contribution in [3.63, 3.8) is 0 Å². The van der Waals surface area contributed by atoms with Crippen molar-refractivity contribution in [2.24, 2.45) is 0 Å². The quantitative estimate of drug-likeness (QED) is 0.270. The van der Waals surface area contributed by atoms with Crippen molar-refractivity contribution >= 4 is 41.5 Å². The van der Waals surface area contributed by atoms with E-state index in [1.165, 1.54) is 4.90 Å². The number of hydrogen-bond donors (Lipinski definition) is 0. The highest BCUT2D eigenvalue weighted by molar-refractivity contribution is 5.91. The molecule has 0 aliphatic carbocycles. The SMILES string of the molecule is CC(=O)OC[C@H]1OC(O[C@@H]2CC(=O)[C@H]3CCN(Cc4cc5c(cc43)OCO5)C(=O)[C@H]2OC(C)=O)[C@H](OC(C)=O)[C@@H](OC(C)=O)[C@H]1OC(C)=O. The molecule has 4 aliphatic heterocycles. The lowest BCUT2D eigenvalue weighted by atomic mass is 9.86. The van der Waals surface area contributed by atoms with E-state index in [4.69, 9.17) is 42.6 Å². The van der Waals surface area contributed by atoms with Crippen LogP contribution in [-0.2, 0) is 73.3 Å². The van der Waals surface area contributed by atoms with Crippen LogP contribution in [0.1, 0.15) is 64.5 Å². The standard InChI is InChI=1S/C32H37NO16/c1-14(34)41-12-26-27(44-15(2)35)29(46-17(4)37)30(47-18(5)38)32(49-26)48-25-10-22(39)20-6-7-33(31(40)28(25)45-16(3)36)11-19-8-23-24(9-21(19)20)43-13-42-23/h8-9,20,25-30,32H,6-7,10-13H2,1-5H3/t20-,25+,26+,27-,28-,29-,30+,32?/m0/s1. The fraction of sp³-hybridized carbons (Fsp3) is 0.594. The van der Waals surface area contributed by atoms with Gasteiger partial charge in [-0.3, -0.25) is 33.6 Å². The number of rotatable bonds is 8. The smallest absolute Gasteiger partial charge is 0.303 e. The molecule has 4 aliphatic rings. The number of ketones is 1. The fourth-order valence-electron chi connectivity index (χ4n) is 6.39. The number of carbonyl (C=O) groups is 7. The number of nitrogens with zero attached hydrogens (tertiary/aromatic N) is 1. The van der Waals surface area contributed by atoms with Crippen molar-refractivity contribution < 1.29 is 76.2 Å². The molecule has 0 radical (unpaired) electrons. The number of ether oxygens (including phenoxy) is 9. The molecule has 49 heavy (non-hydrogen) atoms. The summed E-state index contributed by atoms with van der Waals surface area (Å²) in [6.07, 6.45) is -11.2. The van der Waals surface area contributed by atoms with Gasteiger partial charge in [0.05, 0.1) is 0 Å². The van der Waals surface area contributed by atoms with Gasteiger partial charge in [0.2, 0.25) is 12.9 Å². The van der Waals surface area contributed by atoms with Gasteiger partial charge < -0.3 is 47.5 Å². The van der Waals surface area contributed by atoms with Gasteiger partial charge in [0.25, 0.3) is 5.91 Å². The minimum Gasteiger partial charge on any atom is -0.463 e. The number of hydrogen-bond acceptors (Lipinski definition) is 16. The molecule has 2 saturated heterocycles. The Morgan fingerprint density at radius 3 is 2.04 bits per heavy atom. The molecule has 1 aromatic carbocycles. The van der Waals surface area contributed by atoms with E-state index >= 15 is 0 Å². The van der Waals surface area contributed by atoms with Gasteiger partial charge in [-0.05, 0) is 29.7 Å². The summed E-state index contributed by atoms with van der Waals surface area (Å²) in [6.45, 7) is 5.06. The second-order valence-corrected chi connectivity index (χ2v) is 11.9. The first-order valence-corrected chi connectivity index (χ1v) is 15.6. The van der Waals surface area contributed by atoms with E-state index in [-0.39, 0.29) is 32.1 Å². The van der Waals surface area contributed by atoms with Crippen LogP contribution in [0.15, 0.2) is 12.1 Å². The summed E-state index contributed by atoms with van der Waals surface area (Å²) in [7, 11) is 0. The van der Waals surface area contributed by atoms with Crippen LogP contribution in [0, 0.1) is 0 Å². The van der Waals surface area contributed by atoms with Crippen LogP contribution in [0.4, 0.5) is 0 Å². The molecule has 17 nitrogen and oxygen atoms in total. The first-order chi connectivity index (χ1) is 23.2. The second-order valence-electron chi connectivity index (χ2n) is 11.9. The number of amides is 1. The molecule has 2 bridgehead atoms. The van der Waals surface area contributed by atoms with Crippen LogP contribution in [-0.4, -0.2) is 109 Å². The Morgan fingerprint density at radius 1 is 0.796 bits per heavy atom. The summed E-state index contributed by atoms with van der Waals surface area (Å²) in [5.41, 5.74) is 1.30. The molecule has 0 N–H and O–H groups in total. The van der Waals surface area contributed by atoms with Gasteiger partial charge in [-0.2, -0.15) is 0 Å². The molecule has 1 amide bonds. The van der Waals surface area contributed by atoms with Crippen LogP contribution in [0.25, 0.3) is 0 Å². The Labute approximate surface area is 280 Å². The molecule has 8 atom stereocenters. The van der Waals surface area contributed by atoms with Gasteiger partial charge in [0, 0.05) is 60.0 Å². The molecule has 2 fully saturated rings. The van der Waals surface area contributed by atoms with Crippen LogP contribution in [0.5, 0.6) is 11.5 Å². The van der Waals surface area contributed by atoms with E-state index in [0.29, 0.717) is 22.6 Å². The van der Waals surface area contributed by atoms with Crippen molar-refractivity contribution in [1.82, 2.24) is 4.90 Å². The van der Waals surface area contributed by atoms with Gasteiger partial charge in [0.1, 0.15) is 24.6 Å². The predicted octanol–water partition coefficient (Wildman–Crippen LogP) is 0.604. The Hall–Kier alpha value is -4.77. The molecule has 5 rings (SSSR count). The van der Waals surface area contributed by atoms with Crippen LogP contribution in [0.3, 0.4) is 0 Å². The third-order valence-electron chi connectivity index (χ3n) is 8.29. The molecule has 4 heterocycles. The lowest BCUT2D eigenvalue weighted by Gasteiger charge is -2.45. The van der Waals surface area contributed by atoms with Crippen LogP contribution >= 0.6 is 0 Å². The average molecular weight is 692 g/mol. The zero-order valence-electron chi connectivity index (χ0n) is 27.5. The summed E-state index contributed by atoms with van der Waals surface area (Å²) in [5.74, 6) is -4.99. The highest BCUT2D eigenvalue weighted by Crippen LogP contribution is 2.42. The van der Waals surface area contributed by atoms with E-state index < -0.39 is 97.6 Å². The van der Waals surface area contributed by atoms with Crippen molar-refractivity contribution in [3.8, 4) is 11.5 Å². The average Bonchev–Trinajstić information content (AvgIpc) is 3.39.